The molecule has 0 saturated carbocycles. The first-order chi connectivity index (χ1) is 21.0. The van der Waals surface area contributed by atoms with Crippen LogP contribution >= 0.6 is 0 Å². The number of rotatable bonds is 7. The van der Waals surface area contributed by atoms with Gasteiger partial charge in [0.25, 0.3) is 5.91 Å². The van der Waals surface area contributed by atoms with Gasteiger partial charge in [-0.3, -0.25) is 4.79 Å². The molecule has 1 aromatic heterocycles. The molecule has 6 rings (SSSR count). The summed E-state index contributed by atoms with van der Waals surface area (Å²) in [5.74, 6) is 6.19. The Labute approximate surface area is 253 Å². The number of carbonyl (C=O) groups is 1. The molecule has 3 aromatic rings. The van der Waals surface area contributed by atoms with Gasteiger partial charge in [-0.2, -0.15) is 13.2 Å². The number of anilines is 2. The normalized spacial score (nSPS) is 21.3. The lowest BCUT2D eigenvalue weighted by Gasteiger charge is -2.54. The van der Waals surface area contributed by atoms with E-state index in [0.29, 0.717) is 72.9 Å². The topological polar surface area (TPSA) is 71.0 Å². The number of piperidine rings is 1. The molecule has 0 bridgehead atoms. The van der Waals surface area contributed by atoms with Crippen LogP contribution in [0.25, 0.3) is 10.9 Å². The van der Waals surface area contributed by atoms with E-state index in [4.69, 9.17) is 9.47 Å². The van der Waals surface area contributed by atoms with E-state index in [0.717, 1.165) is 11.1 Å². The second-order valence-corrected chi connectivity index (χ2v) is 12.0. The zero-order chi connectivity index (χ0) is 31.1. The molecule has 12 heteroatoms. The van der Waals surface area contributed by atoms with Gasteiger partial charge in [0, 0.05) is 42.8 Å². The van der Waals surface area contributed by atoms with E-state index in [1.54, 1.807) is 47.4 Å². The van der Waals surface area contributed by atoms with Crippen LogP contribution < -0.4 is 15.4 Å². The van der Waals surface area contributed by atoms with Gasteiger partial charge >= 0.3 is 6.18 Å². The fraction of sp³-hybridized carbons (Fsp3) is 0.469. The number of nitrogens with zero attached hydrogens (tertiary/aromatic N) is 3. The lowest BCUT2D eigenvalue weighted by atomic mass is 9.78. The van der Waals surface area contributed by atoms with Gasteiger partial charge in [-0.05, 0) is 55.8 Å². The quantitative estimate of drug-likeness (QED) is 0.300. The average Bonchev–Trinajstić information content (AvgIpc) is 3.27. The fourth-order valence-electron chi connectivity index (χ4n) is 6.19. The molecule has 4 heterocycles. The predicted molar refractivity (Wildman–Crippen MR) is 160 cm³/mol. The minimum atomic E-state index is -4.46. The van der Waals surface area contributed by atoms with Crippen molar-refractivity contribution in [2.45, 2.75) is 31.4 Å². The largest absolute Gasteiger partial charge is 0.495 e. The number of amides is 1. The monoisotopic (exact) mass is 613 g/mol. The van der Waals surface area contributed by atoms with Crippen molar-refractivity contribution in [3.63, 3.8) is 0 Å². The summed E-state index contributed by atoms with van der Waals surface area (Å²) in [6.45, 7) is 2.69. The van der Waals surface area contributed by atoms with Crippen LogP contribution in [0.5, 0.6) is 5.75 Å². The van der Waals surface area contributed by atoms with Crippen LogP contribution in [0, 0.1) is 17.3 Å². The van der Waals surface area contributed by atoms with Gasteiger partial charge in [-0.1, -0.05) is 12.0 Å². The zero-order valence-corrected chi connectivity index (χ0v) is 24.6. The third-order valence-electron chi connectivity index (χ3n) is 8.56. The first-order valence-electron chi connectivity index (χ1n) is 14.6. The number of aromatic nitrogens is 1. The van der Waals surface area contributed by atoms with Crippen LogP contribution in [0.1, 0.15) is 22.5 Å². The maximum atomic E-state index is 14.7. The van der Waals surface area contributed by atoms with Crippen molar-refractivity contribution < 1.29 is 31.8 Å². The number of nitrogens with one attached hydrogen (secondary N) is 2. The first kappa shape index (κ1) is 30.1. The minimum Gasteiger partial charge on any atom is -0.495 e. The predicted octanol–water partition coefficient (Wildman–Crippen LogP) is 4.60. The Morgan fingerprint density at radius 1 is 1.16 bits per heavy atom. The Morgan fingerprint density at radius 2 is 1.95 bits per heavy atom. The van der Waals surface area contributed by atoms with Crippen LogP contribution in [0.15, 0.2) is 42.5 Å². The van der Waals surface area contributed by atoms with Gasteiger partial charge in [-0.15, -0.1) is 0 Å². The number of carbonyl (C=O) groups excluding carboxylic acids is 1. The summed E-state index contributed by atoms with van der Waals surface area (Å²) in [4.78, 5) is 16.6. The number of fused-ring (bicyclic) bond motifs is 1. The summed E-state index contributed by atoms with van der Waals surface area (Å²) in [7, 11) is 3.36. The summed E-state index contributed by atoms with van der Waals surface area (Å²) < 4.78 is 67.5. The molecule has 0 unspecified atom stereocenters. The molecule has 2 atom stereocenters. The van der Waals surface area contributed by atoms with Crippen LogP contribution in [-0.2, 0) is 11.3 Å². The highest BCUT2D eigenvalue weighted by Crippen LogP contribution is 2.39. The second kappa shape index (κ2) is 11.9. The highest BCUT2D eigenvalue weighted by molar-refractivity contribution is 5.96. The highest BCUT2D eigenvalue weighted by atomic mass is 19.4. The maximum Gasteiger partial charge on any atom is 0.406 e. The third-order valence-corrected chi connectivity index (χ3v) is 8.56. The Bertz CT molecular complexity index is 1600. The number of likely N-dealkylation sites (tertiary alicyclic amines) is 2. The molecule has 3 aliphatic rings. The summed E-state index contributed by atoms with van der Waals surface area (Å²) in [6, 6.07) is 11.3. The zero-order valence-electron chi connectivity index (χ0n) is 24.6. The van der Waals surface area contributed by atoms with E-state index >= 15 is 0 Å². The Kier molecular flexibility index (Phi) is 8.11. The van der Waals surface area contributed by atoms with Gasteiger partial charge in [0.2, 0.25) is 0 Å². The molecule has 0 aliphatic carbocycles. The smallest absolute Gasteiger partial charge is 0.406 e. The van der Waals surface area contributed by atoms with E-state index in [2.05, 4.69) is 22.5 Å². The molecule has 8 nitrogen and oxygen atoms in total. The highest BCUT2D eigenvalue weighted by Gasteiger charge is 2.50. The van der Waals surface area contributed by atoms with Crippen molar-refractivity contribution in [1.82, 2.24) is 14.4 Å². The second-order valence-electron chi connectivity index (χ2n) is 12.0. The molecule has 44 heavy (non-hydrogen) atoms. The first-order valence-corrected chi connectivity index (χ1v) is 14.6. The van der Waals surface area contributed by atoms with Crippen molar-refractivity contribution >= 4 is 28.2 Å². The maximum absolute atomic E-state index is 14.7. The van der Waals surface area contributed by atoms with E-state index in [-0.39, 0.29) is 23.6 Å². The van der Waals surface area contributed by atoms with Gasteiger partial charge in [0.15, 0.2) is 0 Å². The lowest BCUT2D eigenvalue weighted by Crippen LogP contribution is -2.67. The van der Waals surface area contributed by atoms with Gasteiger partial charge in [0.1, 0.15) is 18.5 Å². The molecule has 1 spiro atoms. The number of halogens is 4. The Hall–Kier alpha value is -3.95. The third kappa shape index (κ3) is 6.16. The molecule has 234 valence electrons. The van der Waals surface area contributed by atoms with Crippen molar-refractivity contribution in [2.75, 3.05) is 70.7 Å². The van der Waals surface area contributed by atoms with Crippen LogP contribution in [0.3, 0.4) is 0 Å². The van der Waals surface area contributed by atoms with E-state index in [9.17, 15) is 22.4 Å². The number of ether oxygens (including phenoxy) is 2. The molecular weight excluding hydrogens is 578 g/mol. The van der Waals surface area contributed by atoms with Crippen molar-refractivity contribution in [3.8, 4) is 17.6 Å². The summed E-state index contributed by atoms with van der Waals surface area (Å²) in [6.07, 6.45) is -4.97. The van der Waals surface area contributed by atoms with Crippen molar-refractivity contribution in [2.24, 2.45) is 5.41 Å². The number of hydrogen-bond acceptors (Lipinski definition) is 6. The standard InChI is InChI=1S/C32H35F4N5O3/c1-39-12-10-26(24(33)15-39)38-25-6-3-7-28-23(25)14-22(41(28)18-32(34,35)36)5-4-11-37-27-9-8-21(13-29(27)43-2)30(42)40-16-31(17-40)19-44-20-31/h3,6-9,13-14,24,26,37-38H,10-12,15-20H2,1-2H3/t24-,26+/m0/s1. The summed E-state index contributed by atoms with van der Waals surface area (Å²) >= 11 is 0. The molecule has 2 aromatic carbocycles. The fourth-order valence-corrected chi connectivity index (χ4v) is 6.19. The van der Waals surface area contributed by atoms with Crippen LogP contribution in [-0.4, -0.2) is 98.8 Å². The van der Waals surface area contributed by atoms with E-state index < -0.39 is 24.9 Å². The SMILES string of the molecule is COc1cc(C(=O)N2CC3(COC3)C2)ccc1NCC#Cc1cc2c(N[C@@H]3CCN(C)C[C@@H]3F)cccc2n1CC(F)(F)F. The van der Waals surface area contributed by atoms with Crippen LogP contribution in [0.2, 0.25) is 0 Å². The van der Waals surface area contributed by atoms with E-state index in [1.165, 1.54) is 7.11 Å². The van der Waals surface area contributed by atoms with Gasteiger partial charge in [-0.25, -0.2) is 4.39 Å². The summed E-state index contributed by atoms with van der Waals surface area (Å²) in [5, 5.41) is 6.92. The van der Waals surface area contributed by atoms with Crippen LogP contribution in [0.4, 0.5) is 28.9 Å². The van der Waals surface area contributed by atoms with Gasteiger partial charge < -0.3 is 34.5 Å². The molecule has 3 aliphatic heterocycles. The number of benzene rings is 2. The molecule has 3 saturated heterocycles. The number of alkyl halides is 4. The Balaban J connectivity index is 1.18. The molecule has 2 N–H and O–H groups in total. The Morgan fingerprint density at radius 3 is 2.64 bits per heavy atom. The van der Waals surface area contributed by atoms with Gasteiger partial charge in [0.05, 0.1) is 55.2 Å². The number of methoxy groups -OCH3 is 1. The van der Waals surface area contributed by atoms with E-state index in [1.807, 2.05) is 11.9 Å². The average molecular weight is 614 g/mol. The lowest BCUT2D eigenvalue weighted by molar-refractivity contribution is -0.176. The molecule has 0 radical (unpaired) electrons. The van der Waals surface area contributed by atoms with Crippen molar-refractivity contribution in [3.05, 3.63) is 53.7 Å². The molecule has 3 fully saturated rings. The summed E-state index contributed by atoms with van der Waals surface area (Å²) in [5.41, 5.74) is 2.38. The molecular formula is C32H35F4N5O3. The van der Waals surface area contributed by atoms with Crippen molar-refractivity contribution in [1.29, 1.82) is 0 Å². The minimum absolute atomic E-state index is 0.0728. The number of hydrogen-bond donors (Lipinski definition) is 2. The molecule has 1 amide bonds.